The summed E-state index contributed by atoms with van der Waals surface area (Å²) in [5, 5.41) is 7.82. The highest BCUT2D eigenvalue weighted by Gasteiger charge is 2.32. The molecule has 3 N–H and O–H groups in total. The van der Waals surface area contributed by atoms with E-state index in [0.29, 0.717) is 49.9 Å². The average molecular weight is 508 g/mol. The number of hydrogen-bond donors (Lipinski definition) is 2. The predicted molar refractivity (Wildman–Crippen MR) is 134 cm³/mol. The zero-order valence-electron chi connectivity index (χ0n) is 20.4. The third-order valence-corrected chi connectivity index (χ3v) is 6.86. The number of benzene rings is 1. The number of rotatable bonds is 7. The Bertz CT molecular complexity index is 1480. The van der Waals surface area contributed by atoms with Crippen molar-refractivity contribution in [2.45, 2.75) is 38.8 Å². The number of halogens is 2. The molecule has 2 aromatic heterocycles. The lowest BCUT2D eigenvalue weighted by molar-refractivity contribution is -0.125. The summed E-state index contributed by atoms with van der Waals surface area (Å²) in [7, 11) is 0. The summed E-state index contributed by atoms with van der Waals surface area (Å²) >= 11 is 0. The van der Waals surface area contributed by atoms with Crippen LogP contribution in [0.15, 0.2) is 25.0 Å². The number of aryl methyl sites for hydroxylation is 1. The second-order valence-electron chi connectivity index (χ2n) is 9.33. The van der Waals surface area contributed by atoms with Gasteiger partial charge in [0.1, 0.15) is 22.7 Å². The lowest BCUT2D eigenvalue weighted by Gasteiger charge is -2.17. The Morgan fingerprint density at radius 3 is 2.76 bits per heavy atom. The number of hydrogen-bond acceptors (Lipinski definition) is 5. The molecule has 1 saturated heterocycles. The summed E-state index contributed by atoms with van der Waals surface area (Å²) in [4.78, 5) is 30.3. The number of likely N-dealkylation sites (tertiary alicyclic amines) is 1. The van der Waals surface area contributed by atoms with E-state index >= 15 is 4.39 Å². The molecule has 2 aliphatic rings. The van der Waals surface area contributed by atoms with Crippen LogP contribution < -0.4 is 11.1 Å². The van der Waals surface area contributed by atoms with Gasteiger partial charge in [-0.05, 0) is 44.1 Å². The number of carbonyl (C=O) groups excluding carboxylic acids is 2. The molecule has 3 aromatic rings. The highest BCUT2D eigenvalue weighted by atomic mass is 19.1. The highest BCUT2D eigenvalue weighted by molar-refractivity contribution is 6.00. The molecule has 5 rings (SSSR count). The number of nitrogens with two attached hydrogens (primary N) is 1. The van der Waals surface area contributed by atoms with Gasteiger partial charge in [0.2, 0.25) is 5.91 Å². The van der Waals surface area contributed by atoms with Crippen molar-refractivity contribution in [3.05, 3.63) is 53.5 Å². The number of fused-ring (bicyclic) bond motifs is 1. The van der Waals surface area contributed by atoms with Crippen LogP contribution in [0.1, 0.15) is 53.8 Å². The molecular weight excluding hydrogens is 480 g/mol. The molecule has 1 aliphatic carbocycles. The Labute approximate surface area is 212 Å². The Kier molecular flexibility index (Phi) is 6.41. The summed E-state index contributed by atoms with van der Waals surface area (Å²) < 4.78 is 33.3. The van der Waals surface area contributed by atoms with E-state index in [2.05, 4.69) is 33.8 Å². The maximum atomic E-state index is 15.1. The molecule has 0 radical (unpaired) electrons. The summed E-state index contributed by atoms with van der Waals surface area (Å²) in [5.74, 6) is 3.41. The third kappa shape index (κ3) is 4.55. The molecule has 9 nitrogen and oxygen atoms in total. The summed E-state index contributed by atoms with van der Waals surface area (Å²) in [5.41, 5.74) is 5.67. The molecular formula is C26H27F2N7O2. The molecule has 0 bridgehead atoms. The Morgan fingerprint density at radius 1 is 1.30 bits per heavy atom. The van der Waals surface area contributed by atoms with Crippen molar-refractivity contribution in [3.8, 4) is 11.8 Å². The van der Waals surface area contributed by atoms with E-state index in [1.54, 1.807) is 14.1 Å². The molecule has 2 amide bonds. The maximum Gasteiger partial charge on any atom is 0.255 e. The number of anilines is 1. The smallest absolute Gasteiger partial charge is 0.255 e. The number of primary amides is 1. The number of carbonyl (C=O) groups is 2. The van der Waals surface area contributed by atoms with Crippen molar-refractivity contribution >= 4 is 28.7 Å². The minimum Gasteiger partial charge on any atom is -0.369 e. The van der Waals surface area contributed by atoms with Crippen molar-refractivity contribution in [2.24, 2.45) is 11.7 Å². The van der Waals surface area contributed by atoms with Crippen LogP contribution in [0.3, 0.4) is 0 Å². The van der Waals surface area contributed by atoms with Crippen LogP contribution in [-0.2, 0) is 11.3 Å². The van der Waals surface area contributed by atoms with Gasteiger partial charge in [0.05, 0.1) is 23.4 Å². The van der Waals surface area contributed by atoms with Crippen LogP contribution in [0, 0.1) is 29.4 Å². The first-order chi connectivity index (χ1) is 17.8. The van der Waals surface area contributed by atoms with Crippen LogP contribution in [0.2, 0.25) is 0 Å². The summed E-state index contributed by atoms with van der Waals surface area (Å²) in [6.07, 6.45) is 5.47. The van der Waals surface area contributed by atoms with Gasteiger partial charge in [-0.2, -0.15) is 5.10 Å². The molecule has 11 heteroatoms. The number of aromatic nitrogens is 4. The quantitative estimate of drug-likeness (QED) is 0.377. The second-order valence-corrected chi connectivity index (χ2v) is 9.33. The molecule has 1 atom stereocenters. The first-order valence-corrected chi connectivity index (χ1v) is 12.2. The molecule has 2 fully saturated rings. The zero-order chi connectivity index (χ0) is 26.3. The van der Waals surface area contributed by atoms with Crippen LogP contribution in [0.5, 0.6) is 0 Å². The normalized spacial score (nSPS) is 17.1. The monoisotopic (exact) mass is 507 g/mol. The van der Waals surface area contributed by atoms with E-state index in [4.69, 9.17) is 5.73 Å². The molecule has 1 aromatic carbocycles. The van der Waals surface area contributed by atoms with Crippen molar-refractivity contribution in [3.63, 3.8) is 0 Å². The Morgan fingerprint density at radius 2 is 2.08 bits per heavy atom. The van der Waals surface area contributed by atoms with E-state index in [9.17, 15) is 14.0 Å². The molecule has 1 aliphatic heterocycles. The van der Waals surface area contributed by atoms with Crippen LogP contribution in [-0.4, -0.2) is 55.7 Å². The van der Waals surface area contributed by atoms with E-state index in [1.165, 1.54) is 18.5 Å². The number of imidazole rings is 1. The SMILES string of the molecule is C=CC(=O)N1CCC(n2nc(C#Cc3c(F)cc4c(ncn4CC)c3F)c(C(N)=O)c2NCC2CC2)C1. The van der Waals surface area contributed by atoms with Gasteiger partial charge < -0.3 is 20.5 Å². The van der Waals surface area contributed by atoms with E-state index in [1.807, 2.05) is 6.92 Å². The topological polar surface area (TPSA) is 111 Å². The standard InChI is InChI=1S/C26H27F2N7O2/c1-3-21(36)34-10-9-16(13-34)35-26(30-12-15-5-6-15)22(25(29)37)19(32-35)8-7-17-18(27)11-20-24(23(17)28)31-14-33(20)4-2/h3,11,14-16,30H,1,4-6,9-10,12-13H2,2H3,(H2,29,37). The number of amides is 2. The van der Waals surface area contributed by atoms with E-state index in [-0.39, 0.29) is 28.7 Å². The highest BCUT2D eigenvalue weighted by Crippen LogP contribution is 2.33. The summed E-state index contributed by atoms with van der Waals surface area (Å²) in [6.45, 7) is 7.39. The first kappa shape index (κ1) is 24.5. The molecule has 192 valence electrons. The van der Waals surface area contributed by atoms with Crippen LogP contribution >= 0.6 is 0 Å². The van der Waals surface area contributed by atoms with Gasteiger partial charge in [-0.1, -0.05) is 12.5 Å². The maximum absolute atomic E-state index is 15.1. The second kappa shape index (κ2) is 9.69. The molecule has 3 heterocycles. The fourth-order valence-electron chi connectivity index (χ4n) is 4.64. The third-order valence-electron chi connectivity index (χ3n) is 6.86. The van der Waals surface area contributed by atoms with E-state index < -0.39 is 23.1 Å². The van der Waals surface area contributed by atoms with Crippen molar-refractivity contribution in [2.75, 3.05) is 25.0 Å². The van der Waals surface area contributed by atoms with Gasteiger partial charge in [-0.25, -0.2) is 18.4 Å². The average Bonchev–Trinajstić information content (AvgIpc) is 3.27. The predicted octanol–water partition coefficient (Wildman–Crippen LogP) is 2.81. The lowest BCUT2D eigenvalue weighted by atomic mass is 10.1. The van der Waals surface area contributed by atoms with Crippen molar-refractivity contribution in [1.29, 1.82) is 0 Å². The van der Waals surface area contributed by atoms with Crippen LogP contribution in [0.25, 0.3) is 11.0 Å². The molecule has 1 saturated carbocycles. The minimum absolute atomic E-state index is 0.0114. The largest absolute Gasteiger partial charge is 0.369 e. The zero-order valence-corrected chi connectivity index (χ0v) is 20.4. The Hall–Kier alpha value is -4.20. The van der Waals surface area contributed by atoms with E-state index in [0.717, 1.165) is 12.8 Å². The Balaban J connectivity index is 1.57. The van der Waals surface area contributed by atoms with Gasteiger partial charge in [-0.15, -0.1) is 0 Å². The molecule has 37 heavy (non-hydrogen) atoms. The van der Waals surface area contributed by atoms with Crippen LogP contribution in [0.4, 0.5) is 14.6 Å². The number of nitrogens with one attached hydrogen (secondary N) is 1. The molecule has 1 unspecified atom stereocenters. The lowest BCUT2D eigenvalue weighted by Crippen LogP contribution is -2.27. The van der Waals surface area contributed by atoms with Crippen molar-refractivity contribution in [1.82, 2.24) is 24.2 Å². The number of nitrogens with zero attached hydrogens (tertiary/aromatic N) is 5. The summed E-state index contributed by atoms with van der Waals surface area (Å²) in [6, 6.07) is 0.959. The molecule has 0 spiro atoms. The van der Waals surface area contributed by atoms with Gasteiger partial charge in [0, 0.05) is 32.2 Å². The minimum atomic E-state index is -0.879. The van der Waals surface area contributed by atoms with Gasteiger partial charge in [-0.3, -0.25) is 9.59 Å². The van der Waals surface area contributed by atoms with Gasteiger partial charge in [0.25, 0.3) is 5.91 Å². The van der Waals surface area contributed by atoms with Gasteiger partial charge >= 0.3 is 0 Å². The fourth-order valence-corrected chi connectivity index (χ4v) is 4.64. The fraction of sp³-hybridized carbons (Fsp3) is 0.385. The first-order valence-electron chi connectivity index (χ1n) is 12.2. The van der Waals surface area contributed by atoms with Gasteiger partial charge in [0.15, 0.2) is 11.5 Å². The van der Waals surface area contributed by atoms with Crippen molar-refractivity contribution < 1.29 is 18.4 Å².